The van der Waals surface area contributed by atoms with E-state index in [0.717, 1.165) is 0 Å². The monoisotopic (exact) mass is 260 g/mol. The van der Waals surface area contributed by atoms with E-state index < -0.39 is 0 Å². The van der Waals surface area contributed by atoms with Gasteiger partial charge in [0.1, 0.15) is 0 Å². The number of rotatable bonds is 0. The van der Waals surface area contributed by atoms with Crippen LogP contribution in [-0.4, -0.2) is 69.4 Å². The molecule has 0 aliphatic heterocycles. The second-order valence-corrected chi connectivity index (χ2v) is 0. The smallest absolute Gasteiger partial charge is 0 e. The average molecular weight is 258 g/mol. The van der Waals surface area contributed by atoms with Gasteiger partial charge < -0.3 is 0 Å². The molecule has 0 nitrogen and oxygen atoms in total. The summed E-state index contributed by atoms with van der Waals surface area (Å²) in [5, 5.41) is 0. The van der Waals surface area contributed by atoms with Gasteiger partial charge in [-0.2, -0.15) is 0 Å². The van der Waals surface area contributed by atoms with Crippen LogP contribution in [0.4, 0.5) is 0 Å². The molecule has 0 spiro atoms. The quantitative estimate of drug-likeness (QED) is 0.463. The maximum absolute atomic E-state index is 0. The molecule has 0 saturated carbocycles. The van der Waals surface area contributed by atoms with Crippen LogP contribution in [-0.2, 0) is 0 Å². The van der Waals surface area contributed by atoms with Crippen LogP contribution in [0, 0.1) is 40.4 Å². The van der Waals surface area contributed by atoms with Crippen molar-refractivity contribution in [2.75, 3.05) is 0 Å². The van der Waals surface area contributed by atoms with Crippen molar-refractivity contribution < 1.29 is 40.4 Å². The van der Waals surface area contributed by atoms with Crippen LogP contribution in [0.15, 0.2) is 0 Å². The Kier molecular flexibility index (Phi) is 204. The van der Waals surface area contributed by atoms with Gasteiger partial charge in [-0.1, -0.05) is 0 Å². The van der Waals surface area contributed by atoms with Crippen LogP contribution in [0.3, 0.4) is 0 Å². The third-order valence-electron chi connectivity index (χ3n) is 0. The van der Waals surface area contributed by atoms with Crippen LogP contribution < -0.4 is 0 Å². The van der Waals surface area contributed by atoms with E-state index in [1.807, 2.05) is 0 Å². The standard InChI is InChI=1S/4Al.Sm. The summed E-state index contributed by atoms with van der Waals surface area (Å²) >= 11 is 0. The molecule has 0 fully saturated rings. The van der Waals surface area contributed by atoms with Crippen molar-refractivity contribution in [3.63, 3.8) is 0 Å². The average Bonchev–Trinajstić information content (AvgIpc) is 0. The van der Waals surface area contributed by atoms with Gasteiger partial charge in [0.2, 0.25) is 0 Å². The third-order valence-corrected chi connectivity index (χ3v) is 0. The largest absolute Gasteiger partial charge is 0 e. The van der Waals surface area contributed by atoms with Crippen LogP contribution in [0.5, 0.6) is 0 Å². The first-order valence-electron chi connectivity index (χ1n) is 0. The van der Waals surface area contributed by atoms with E-state index in [1.54, 1.807) is 0 Å². The van der Waals surface area contributed by atoms with Crippen LogP contribution in [0.25, 0.3) is 0 Å². The SMILES string of the molecule is [Al].[Al].[Al].[Al].[Sm]. The maximum atomic E-state index is 0. The fourth-order valence-corrected chi connectivity index (χ4v) is 0. The molecule has 18 valence electrons. The summed E-state index contributed by atoms with van der Waals surface area (Å²) in [5.41, 5.74) is 0. The van der Waals surface area contributed by atoms with Crippen molar-refractivity contribution in [2.24, 2.45) is 0 Å². The van der Waals surface area contributed by atoms with Gasteiger partial charge in [-0.05, 0) is 0 Å². The molecule has 5 heteroatoms. The maximum Gasteiger partial charge on any atom is 0 e. The minimum atomic E-state index is 0. The summed E-state index contributed by atoms with van der Waals surface area (Å²) in [4.78, 5) is 0. The predicted octanol–water partition coefficient (Wildman–Crippen LogP) is -1.52. The summed E-state index contributed by atoms with van der Waals surface area (Å²) in [6, 6.07) is 0. The molecule has 0 heterocycles. The number of hydrogen-bond donors (Lipinski definition) is 0. The zero-order valence-corrected chi connectivity index (χ0v) is 9.96. The Labute approximate surface area is 107 Å². The first-order valence-corrected chi connectivity index (χ1v) is 0. The van der Waals surface area contributed by atoms with Gasteiger partial charge in [0, 0.05) is 110 Å². The van der Waals surface area contributed by atoms with Gasteiger partial charge in [0.05, 0.1) is 0 Å². The third kappa shape index (κ3) is 18.6. The van der Waals surface area contributed by atoms with E-state index in [1.165, 1.54) is 0 Å². The summed E-state index contributed by atoms with van der Waals surface area (Å²) in [6.45, 7) is 0. The molecule has 0 aromatic heterocycles. The van der Waals surface area contributed by atoms with Crippen molar-refractivity contribution in [1.29, 1.82) is 0 Å². The van der Waals surface area contributed by atoms with Crippen molar-refractivity contribution in [3.05, 3.63) is 0 Å². The van der Waals surface area contributed by atoms with Gasteiger partial charge >= 0.3 is 0 Å². The molecule has 0 aromatic rings. The van der Waals surface area contributed by atoms with Crippen LogP contribution in [0.1, 0.15) is 0 Å². The predicted molar refractivity (Wildman–Crippen MR) is 23.0 cm³/mol. The molecule has 0 aromatic carbocycles. The fraction of sp³-hybridized carbons (Fsp3) is 0. The molecule has 0 unspecified atom stereocenters. The van der Waals surface area contributed by atoms with Gasteiger partial charge in [0.25, 0.3) is 0 Å². The first kappa shape index (κ1) is 39.3. The first-order chi connectivity index (χ1) is 0. The van der Waals surface area contributed by atoms with Gasteiger partial charge in [-0.25, -0.2) is 0 Å². The van der Waals surface area contributed by atoms with E-state index in [2.05, 4.69) is 0 Å². The molecule has 5 heavy (non-hydrogen) atoms. The second kappa shape index (κ2) is 26.0. The molecule has 0 N–H and O–H groups in total. The number of hydrogen-bond acceptors (Lipinski definition) is 0. The molecule has 12 radical (unpaired) electrons. The van der Waals surface area contributed by atoms with E-state index >= 15 is 0 Å². The Balaban J connectivity index is 0. The van der Waals surface area contributed by atoms with Crippen LogP contribution >= 0.6 is 0 Å². The molecule has 0 aliphatic rings. The van der Waals surface area contributed by atoms with E-state index in [0.29, 0.717) is 0 Å². The molecule has 0 aliphatic carbocycles. The zero-order chi connectivity index (χ0) is 0. The Bertz CT molecular complexity index is 3.61. The summed E-state index contributed by atoms with van der Waals surface area (Å²) in [5.74, 6) is 0. The molecule has 0 saturated heterocycles. The fourth-order valence-electron chi connectivity index (χ4n) is 0. The molecule has 0 rings (SSSR count). The Hall–Kier alpha value is 3.47. The minimum Gasteiger partial charge on any atom is 0 e. The zero-order valence-electron chi connectivity index (χ0n) is 2.72. The topological polar surface area (TPSA) is 0 Å². The second-order valence-electron chi connectivity index (χ2n) is 0. The molecule has 0 bridgehead atoms. The summed E-state index contributed by atoms with van der Waals surface area (Å²) in [7, 11) is 0. The minimum absolute atomic E-state index is 0. The van der Waals surface area contributed by atoms with Crippen LogP contribution in [0.2, 0.25) is 0 Å². The molecular formula is Al4Sm. The molecule has 0 amide bonds. The molecule has 0 atom stereocenters. The van der Waals surface area contributed by atoms with E-state index in [-0.39, 0.29) is 110 Å². The van der Waals surface area contributed by atoms with E-state index in [4.69, 9.17) is 0 Å². The van der Waals surface area contributed by atoms with E-state index in [9.17, 15) is 0 Å². The van der Waals surface area contributed by atoms with Crippen molar-refractivity contribution in [2.45, 2.75) is 0 Å². The van der Waals surface area contributed by atoms with Gasteiger partial charge in [-0.15, -0.1) is 0 Å². The van der Waals surface area contributed by atoms with Crippen molar-refractivity contribution in [1.82, 2.24) is 0 Å². The Morgan fingerprint density at radius 1 is 0.400 bits per heavy atom. The Morgan fingerprint density at radius 3 is 0.400 bits per heavy atom. The normalized spacial score (nSPS) is 0. The molecular weight excluding hydrogens is 258 g/mol. The Morgan fingerprint density at radius 2 is 0.400 bits per heavy atom. The van der Waals surface area contributed by atoms with Gasteiger partial charge in [-0.3, -0.25) is 0 Å². The van der Waals surface area contributed by atoms with Crippen molar-refractivity contribution >= 4 is 69.4 Å². The summed E-state index contributed by atoms with van der Waals surface area (Å²) in [6.07, 6.45) is 0. The van der Waals surface area contributed by atoms with Gasteiger partial charge in [0.15, 0.2) is 0 Å². The van der Waals surface area contributed by atoms with Crippen molar-refractivity contribution in [3.8, 4) is 0 Å². The summed E-state index contributed by atoms with van der Waals surface area (Å²) < 4.78 is 0.